The largest absolute Gasteiger partial charge is 0.410 e. The Labute approximate surface area is 337 Å². The normalized spacial score (nSPS) is 15.8. The summed E-state index contributed by atoms with van der Waals surface area (Å²) in [4.78, 5) is 11.2. The van der Waals surface area contributed by atoms with Crippen LogP contribution in [0.25, 0.3) is 69.3 Å². The van der Waals surface area contributed by atoms with Gasteiger partial charge in [-0.1, -0.05) is 89.2 Å². The van der Waals surface area contributed by atoms with E-state index in [1.54, 1.807) is 51.9 Å². The van der Waals surface area contributed by atoms with Crippen LogP contribution in [0.3, 0.4) is 0 Å². The molecule has 0 saturated heterocycles. The van der Waals surface area contributed by atoms with Crippen molar-refractivity contribution in [2.75, 3.05) is 4.90 Å². The van der Waals surface area contributed by atoms with Crippen molar-refractivity contribution >= 4 is 88.2 Å². The average Bonchev–Trinajstić information content (AvgIpc) is 4.04. The van der Waals surface area contributed by atoms with Crippen LogP contribution in [0.5, 0.6) is 0 Å². The number of fused-ring (bicyclic) bond motifs is 3. The Morgan fingerprint density at radius 1 is 0.586 bits per heavy atom. The molecule has 0 aliphatic heterocycles. The summed E-state index contributed by atoms with van der Waals surface area (Å²) in [6.45, 7) is 0. The number of hydrogen-bond donors (Lipinski definition) is 4. The van der Waals surface area contributed by atoms with Crippen LogP contribution in [0.2, 0.25) is 0 Å². The summed E-state index contributed by atoms with van der Waals surface area (Å²) in [6, 6.07) is 35.5. The molecule has 0 atom stereocenters. The number of oxime groups is 2. The molecule has 10 rings (SSSR count). The van der Waals surface area contributed by atoms with Crippen molar-refractivity contribution in [2.45, 2.75) is 0 Å². The number of nitrogens with zero attached hydrogens (tertiary/aromatic N) is 7. The molecule has 0 fully saturated rings. The van der Waals surface area contributed by atoms with E-state index in [1.807, 2.05) is 103 Å². The summed E-state index contributed by atoms with van der Waals surface area (Å²) in [5, 5.41) is 56.1. The molecule has 0 saturated carbocycles. The van der Waals surface area contributed by atoms with Crippen molar-refractivity contribution in [2.24, 2.45) is 10.3 Å². The molecule has 0 bridgehead atoms. The quantitative estimate of drug-likeness (QED) is 0.0699. The van der Waals surface area contributed by atoms with Gasteiger partial charge in [0.1, 0.15) is 27.0 Å². The first-order chi connectivity index (χ1) is 28.5. The van der Waals surface area contributed by atoms with Crippen molar-refractivity contribution < 1.29 is 15.0 Å². The maximum atomic E-state index is 10.6. The molecule has 0 unspecified atom stereocenters. The summed E-state index contributed by atoms with van der Waals surface area (Å²) in [5.41, 5.74) is 8.24. The van der Waals surface area contributed by atoms with E-state index < -0.39 is 0 Å². The summed E-state index contributed by atoms with van der Waals surface area (Å²) in [5.74, 6) is 0. The van der Waals surface area contributed by atoms with Gasteiger partial charge >= 0.3 is 0 Å². The lowest BCUT2D eigenvalue weighted by Crippen LogP contribution is -2.37. The highest BCUT2D eigenvalue weighted by atomic mass is 32.1. The minimum atomic E-state index is -0.117. The molecule has 3 heterocycles. The second kappa shape index (κ2) is 14.1. The molecule has 14 heteroatoms. The van der Waals surface area contributed by atoms with Gasteiger partial charge in [0.05, 0.1) is 43.2 Å². The van der Waals surface area contributed by atoms with Crippen LogP contribution in [0, 0.1) is 10.8 Å². The van der Waals surface area contributed by atoms with Gasteiger partial charge in [-0.25, -0.2) is 14.6 Å². The predicted octanol–water partition coefficient (Wildman–Crippen LogP) is 10.4. The zero-order chi connectivity index (χ0) is 39.3. The third kappa shape index (κ3) is 5.82. The first-order valence-corrected chi connectivity index (χ1v) is 19.5. The fourth-order valence-electron chi connectivity index (χ4n) is 7.13. The molecule has 58 heavy (non-hydrogen) atoms. The highest BCUT2D eigenvalue weighted by Gasteiger charge is 2.34. The molecule has 8 aromatic rings. The fraction of sp³-hybridized carbons (Fsp3) is 0. The van der Waals surface area contributed by atoms with Crippen LogP contribution in [0.15, 0.2) is 166 Å². The van der Waals surface area contributed by atoms with Gasteiger partial charge < -0.3 is 15.3 Å². The van der Waals surface area contributed by atoms with E-state index in [1.165, 1.54) is 6.08 Å². The fourth-order valence-corrected chi connectivity index (χ4v) is 9.07. The second-order valence-corrected chi connectivity index (χ2v) is 15.3. The topological polar surface area (TPSA) is 181 Å². The van der Waals surface area contributed by atoms with Gasteiger partial charge in [-0.2, -0.15) is 0 Å². The highest BCUT2D eigenvalue weighted by molar-refractivity contribution is 7.22. The van der Waals surface area contributed by atoms with Gasteiger partial charge in [-0.05, 0) is 82.1 Å². The Morgan fingerprint density at radius 3 is 1.81 bits per heavy atom. The number of para-hydroxylation sites is 2. The van der Waals surface area contributed by atoms with E-state index in [4.69, 9.17) is 20.0 Å². The Hall–Kier alpha value is -7.68. The number of thiazole rings is 2. The average molecular weight is 794 g/mol. The number of hydrogen-bond acceptors (Lipinski definition) is 14. The smallest absolute Gasteiger partial charge is 0.159 e. The molecule has 2 aliphatic rings. The minimum absolute atomic E-state index is 0.0141. The van der Waals surface area contributed by atoms with Crippen LogP contribution < -0.4 is 4.90 Å². The van der Waals surface area contributed by atoms with E-state index >= 15 is 0 Å². The first kappa shape index (κ1) is 34.8. The number of benzene rings is 5. The number of rotatable bonds is 7. The summed E-state index contributed by atoms with van der Waals surface area (Å²) < 4.78 is 7.57. The zero-order valence-corrected chi connectivity index (χ0v) is 31.7. The van der Waals surface area contributed by atoms with Gasteiger partial charge in [0, 0.05) is 22.3 Å². The molecular weight excluding hydrogens is 767 g/mol. The summed E-state index contributed by atoms with van der Waals surface area (Å²) in [6.07, 6.45) is 8.32. The second-order valence-electron chi connectivity index (χ2n) is 13.3. The van der Waals surface area contributed by atoms with Gasteiger partial charge in [0.15, 0.2) is 11.2 Å². The molecular formula is C44H27N9O3S2. The van der Waals surface area contributed by atoms with Gasteiger partial charge in [-0.3, -0.25) is 10.8 Å². The molecule has 2 aliphatic carbocycles. The first-order valence-electron chi connectivity index (χ1n) is 17.9. The van der Waals surface area contributed by atoms with E-state index in [9.17, 15) is 15.8 Å². The third-order valence-corrected chi connectivity index (χ3v) is 12.1. The van der Waals surface area contributed by atoms with Gasteiger partial charge in [0.25, 0.3) is 0 Å². The van der Waals surface area contributed by atoms with Crippen LogP contribution in [0.1, 0.15) is 5.56 Å². The molecule has 0 amide bonds. The standard InChI is InChI=1S/C44H27N9O3S2/c45-38-28(24-12-16-26(17-13-24)43-47-30-6-1-3-10-36(30)57-43)20-22-34(41(38)50-55)53(33-9-5-8-32(49-54)39(33)46)35-23-21-29(40-42(35)52-56-51-40)25-14-18-27(19-15-25)44-48-31-7-2-4-11-37(31)58-44/h1-23,45-46,54-55H/b45-38?,46-39?,49-32-,50-41-. The van der Waals surface area contributed by atoms with Crippen LogP contribution in [-0.2, 0) is 0 Å². The molecule has 0 radical (unpaired) electrons. The lowest BCUT2D eigenvalue weighted by atomic mass is 9.90. The summed E-state index contributed by atoms with van der Waals surface area (Å²) in [7, 11) is 0. The van der Waals surface area contributed by atoms with Gasteiger partial charge in [0.2, 0.25) is 0 Å². The third-order valence-electron chi connectivity index (χ3n) is 9.98. The maximum Gasteiger partial charge on any atom is 0.159 e. The van der Waals surface area contributed by atoms with Crippen LogP contribution in [-0.4, -0.2) is 53.5 Å². The predicted molar refractivity (Wildman–Crippen MR) is 231 cm³/mol. The van der Waals surface area contributed by atoms with E-state index in [0.717, 1.165) is 58.3 Å². The lowest BCUT2D eigenvalue weighted by Gasteiger charge is -2.32. The monoisotopic (exact) mass is 793 g/mol. The molecule has 278 valence electrons. The number of anilines is 1. The van der Waals surface area contributed by atoms with Crippen molar-refractivity contribution in [1.29, 1.82) is 10.8 Å². The number of nitrogens with one attached hydrogen (secondary N) is 2. The zero-order valence-electron chi connectivity index (χ0n) is 30.0. The number of aromatic nitrogens is 4. The maximum absolute atomic E-state index is 10.6. The van der Waals surface area contributed by atoms with E-state index in [2.05, 4.69) is 26.7 Å². The highest BCUT2D eigenvalue weighted by Crippen LogP contribution is 2.40. The van der Waals surface area contributed by atoms with Crippen LogP contribution in [0.4, 0.5) is 5.69 Å². The Balaban J connectivity index is 1.04. The molecule has 5 aromatic carbocycles. The van der Waals surface area contributed by atoms with Crippen molar-refractivity contribution in [3.8, 4) is 32.3 Å². The lowest BCUT2D eigenvalue weighted by molar-refractivity contribution is 0.315. The van der Waals surface area contributed by atoms with Gasteiger partial charge in [-0.15, -0.1) is 22.7 Å². The molecule has 3 aromatic heterocycles. The minimum Gasteiger partial charge on any atom is -0.410 e. The van der Waals surface area contributed by atoms with Crippen molar-refractivity contribution in [3.63, 3.8) is 0 Å². The Morgan fingerprint density at radius 2 is 1.19 bits per heavy atom. The van der Waals surface area contributed by atoms with E-state index in [-0.39, 0.29) is 34.2 Å². The SMILES string of the molecule is N=C1C(N(C2=CC=C(c3ccc(-c4nc5ccccc5s4)cc3)C(=N)/C2=N\O)c2ccc(-c3ccc(-c4nc5ccccc5s4)cc3)c3nonc23)=CC=C/C1=N/O. The number of allylic oxidation sites excluding steroid dienone is 8. The Kier molecular flexibility index (Phi) is 8.47. The van der Waals surface area contributed by atoms with E-state index in [0.29, 0.717) is 22.3 Å². The van der Waals surface area contributed by atoms with Crippen LogP contribution >= 0.6 is 22.7 Å². The van der Waals surface area contributed by atoms with Crippen molar-refractivity contribution in [1.82, 2.24) is 20.3 Å². The van der Waals surface area contributed by atoms with Crippen molar-refractivity contribution in [3.05, 3.63) is 157 Å². The Bertz CT molecular complexity index is 3120. The summed E-state index contributed by atoms with van der Waals surface area (Å²) >= 11 is 3.24. The molecule has 12 nitrogen and oxygen atoms in total. The molecule has 4 N–H and O–H groups in total. The molecule has 0 spiro atoms.